The zero-order valence-corrected chi connectivity index (χ0v) is 11.0. The van der Waals surface area contributed by atoms with Gasteiger partial charge in [0.15, 0.2) is 5.84 Å². The third-order valence-electron chi connectivity index (χ3n) is 2.87. The zero-order chi connectivity index (χ0) is 14.5. The smallest absolute Gasteiger partial charge is 0.170 e. The molecule has 0 bridgehead atoms. The summed E-state index contributed by atoms with van der Waals surface area (Å²) in [5.74, 6) is 0.383. The van der Waals surface area contributed by atoms with E-state index >= 15 is 0 Å². The lowest BCUT2D eigenvalue weighted by molar-refractivity contribution is 0.305. The van der Waals surface area contributed by atoms with Crippen LogP contribution >= 0.6 is 0 Å². The fourth-order valence-corrected chi connectivity index (χ4v) is 1.75. The molecule has 0 amide bonds. The van der Waals surface area contributed by atoms with Crippen molar-refractivity contribution in [2.75, 3.05) is 0 Å². The Morgan fingerprint density at radius 2 is 2.10 bits per heavy atom. The van der Waals surface area contributed by atoms with Crippen molar-refractivity contribution in [2.45, 2.75) is 13.5 Å². The Bertz CT molecular complexity index is 642. The van der Waals surface area contributed by atoms with Crippen LogP contribution in [0.15, 0.2) is 47.6 Å². The largest absolute Gasteiger partial charge is 0.489 e. The molecule has 0 aromatic heterocycles. The summed E-state index contributed by atoms with van der Waals surface area (Å²) in [4.78, 5) is 0. The van der Waals surface area contributed by atoms with Gasteiger partial charge in [-0.3, -0.25) is 0 Å². The minimum absolute atomic E-state index is 0.0458. The second-order valence-electron chi connectivity index (χ2n) is 4.39. The Kier molecular flexibility index (Phi) is 4.20. The molecule has 0 aliphatic rings. The van der Waals surface area contributed by atoms with Crippen LogP contribution in [-0.4, -0.2) is 11.0 Å². The third kappa shape index (κ3) is 3.26. The first kappa shape index (κ1) is 13.9. The van der Waals surface area contributed by atoms with Gasteiger partial charge in [-0.05, 0) is 42.3 Å². The van der Waals surface area contributed by atoms with Crippen LogP contribution in [0.4, 0.5) is 4.39 Å². The molecule has 0 heterocycles. The maximum atomic E-state index is 13.1. The molecule has 0 saturated heterocycles. The van der Waals surface area contributed by atoms with Crippen molar-refractivity contribution in [3.8, 4) is 5.75 Å². The van der Waals surface area contributed by atoms with Gasteiger partial charge in [0.25, 0.3) is 0 Å². The van der Waals surface area contributed by atoms with Gasteiger partial charge in [-0.1, -0.05) is 23.4 Å². The highest BCUT2D eigenvalue weighted by atomic mass is 19.1. The third-order valence-corrected chi connectivity index (χ3v) is 2.87. The van der Waals surface area contributed by atoms with E-state index in [0.717, 1.165) is 5.56 Å². The average molecular weight is 274 g/mol. The first-order valence-corrected chi connectivity index (χ1v) is 6.06. The van der Waals surface area contributed by atoms with Gasteiger partial charge in [-0.15, -0.1) is 0 Å². The molecule has 0 radical (unpaired) electrons. The van der Waals surface area contributed by atoms with Crippen LogP contribution < -0.4 is 10.5 Å². The van der Waals surface area contributed by atoms with Crippen molar-refractivity contribution in [3.63, 3.8) is 0 Å². The molecule has 0 aliphatic heterocycles. The van der Waals surface area contributed by atoms with E-state index in [1.165, 1.54) is 6.07 Å². The molecule has 20 heavy (non-hydrogen) atoms. The molecule has 2 rings (SSSR count). The predicted molar refractivity (Wildman–Crippen MR) is 74.4 cm³/mol. The number of rotatable bonds is 4. The lowest BCUT2D eigenvalue weighted by atomic mass is 10.1. The van der Waals surface area contributed by atoms with Crippen LogP contribution in [0, 0.1) is 12.7 Å². The standard InChI is InChI=1S/C15H15FN2O2/c1-10-7-13(5-6-14(10)16)20-9-11-3-2-4-12(8-11)15(17)18-19/h2-8,19H,9H2,1H3,(H2,17,18). The molecule has 3 N–H and O–H groups in total. The van der Waals surface area contributed by atoms with Crippen LogP contribution in [0.3, 0.4) is 0 Å². The predicted octanol–water partition coefficient (Wildman–Crippen LogP) is 2.81. The van der Waals surface area contributed by atoms with Crippen molar-refractivity contribution in [3.05, 3.63) is 65.0 Å². The zero-order valence-electron chi connectivity index (χ0n) is 11.0. The summed E-state index contributed by atoms with van der Waals surface area (Å²) in [5, 5.41) is 11.6. The van der Waals surface area contributed by atoms with E-state index in [4.69, 9.17) is 15.7 Å². The van der Waals surface area contributed by atoms with E-state index in [9.17, 15) is 4.39 Å². The topological polar surface area (TPSA) is 67.8 Å². The molecule has 0 unspecified atom stereocenters. The Morgan fingerprint density at radius 1 is 1.30 bits per heavy atom. The summed E-state index contributed by atoms with van der Waals surface area (Å²) in [6, 6.07) is 11.8. The summed E-state index contributed by atoms with van der Waals surface area (Å²) in [7, 11) is 0. The number of amidine groups is 1. The average Bonchev–Trinajstić information content (AvgIpc) is 2.48. The normalized spacial score (nSPS) is 11.4. The van der Waals surface area contributed by atoms with Crippen LogP contribution in [0.25, 0.3) is 0 Å². The number of hydrogen-bond donors (Lipinski definition) is 2. The van der Waals surface area contributed by atoms with Gasteiger partial charge in [-0.2, -0.15) is 0 Å². The van der Waals surface area contributed by atoms with Gasteiger partial charge >= 0.3 is 0 Å². The van der Waals surface area contributed by atoms with E-state index in [1.54, 1.807) is 37.3 Å². The minimum Gasteiger partial charge on any atom is -0.489 e. The lowest BCUT2D eigenvalue weighted by Crippen LogP contribution is -2.13. The lowest BCUT2D eigenvalue weighted by Gasteiger charge is -2.08. The van der Waals surface area contributed by atoms with Gasteiger partial charge in [0.1, 0.15) is 18.2 Å². The number of ether oxygens (including phenoxy) is 1. The maximum absolute atomic E-state index is 13.1. The van der Waals surface area contributed by atoms with Gasteiger partial charge in [0, 0.05) is 5.56 Å². The van der Waals surface area contributed by atoms with E-state index in [-0.39, 0.29) is 11.7 Å². The van der Waals surface area contributed by atoms with E-state index in [2.05, 4.69) is 5.16 Å². The molecule has 0 fully saturated rings. The van der Waals surface area contributed by atoms with Crippen molar-refractivity contribution in [2.24, 2.45) is 10.9 Å². The minimum atomic E-state index is -0.258. The van der Waals surface area contributed by atoms with E-state index in [0.29, 0.717) is 23.5 Å². The number of benzene rings is 2. The molecular formula is C15H15FN2O2. The monoisotopic (exact) mass is 274 g/mol. The number of nitrogens with zero attached hydrogens (tertiary/aromatic N) is 1. The molecule has 0 spiro atoms. The van der Waals surface area contributed by atoms with Gasteiger partial charge in [-0.25, -0.2) is 4.39 Å². The molecule has 0 saturated carbocycles. The van der Waals surface area contributed by atoms with Crippen LogP contribution in [0.1, 0.15) is 16.7 Å². The fourth-order valence-electron chi connectivity index (χ4n) is 1.75. The van der Waals surface area contributed by atoms with Crippen LogP contribution in [-0.2, 0) is 6.61 Å². The van der Waals surface area contributed by atoms with Gasteiger partial charge < -0.3 is 15.7 Å². The number of oxime groups is 1. The Hall–Kier alpha value is -2.56. The van der Waals surface area contributed by atoms with Crippen molar-refractivity contribution >= 4 is 5.84 Å². The Balaban J connectivity index is 2.09. The summed E-state index contributed by atoms with van der Waals surface area (Å²) < 4.78 is 18.7. The second kappa shape index (κ2) is 6.06. The second-order valence-corrected chi connectivity index (χ2v) is 4.39. The Morgan fingerprint density at radius 3 is 2.80 bits per heavy atom. The van der Waals surface area contributed by atoms with Crippen molar-refractivity contribution in [1.29, 1.82) is 0 Å². The van der Waals surface area contributed by atoms with Gasteiger partial charge in [0.2, 0.25) is 0 Å². The number of halogens is 1. The van der Waals surface area contributed by atoms with Crippen molar-refractivity contribution < 1.29 is 14.3 Å². The SMILES string of the molecule is Cc1cc(OCc2cccc(/C(N)=N/O)c2)ccc1F. The molecule has 2 aromatic rings. The Labute approximate surface area is 116 Å². The fraction of sp³-hybridized carbons (Fsp3) is 0.133. The quantitative estimate of drug-likeness (QED) is 0.390. The molecule has 5 heteroatoms. The van der Waals surface area contributed by atoms with Gasteiger partial charge in [0.05, 0.1) is 0 Å². The van der Waals surface area contributed by atoms with Crippen LogP contribution in [0.5, 0.6) is 5.75 Å². The first-order valence-electron chi connectivity index (χ1n) is 6.06. The molecular weight excluding hydrogens is 259 g/mol. The van der Waals surface area contributed by atoms with E-state index in [1.807, 2.05) is 6.07 Å². The molecule has 0 aliphatic carbocycles. The summed E-state index contributed by atoms with van der Waals surface area (Å²) in [6.45, 7) is 2.00. The summed E-state index contributed by atoms with van der Waals surface area (Å²) in [5.41, 5.74) is 7.55. The van der Waals surface area contributed by atoms with Crippen molar-refractivity contribution in [1.82, 2.24) is 0 Å². The highest BCUT2D eigenvalue weighted by Crippen LogP contribution is 2.17. The van der Waals surface area contributed by atoms with Crippen LogP contribution in [0.2, 0.25) is 0 Å². The number of aryl methyl sites for hydroxylation is 1. The molecule has 2 aromatic carbocycles. The number of nitrogens with two attached hydrogens (primary N) is 1. The molecule has 104 valence electrons. The molecule has 0 atom stereocenters. The van der Waals surface area contributed by atoms with E-state index < -0.39 is 0 Å². The summed E-state index contributed by atoms with van der Waals surface area (Å²) in [6.07, 6.45) is 0. The summed E-state index contributed by atoms with van der Waals surface area (Å²) >= 11 is 0. The highest BCUT2D eigenvalue weighted by Gasteiger charge is 2.03. The number of hydrogen-bond acceptors (Lipinski definition) is 3. The maximum Gasteiger partial charge on any atom is 0.170 e. The highest BCUT2D eigenvalue weighted by molar-refractivity contribution is 5.97. The first-order chi connectivity index (χ1) is 9.60. The molecule has 4 nitrogen and oxygen atoms in total.